The van der Waals surface area contributed by atoms with E-state index in [1.807, 2.05) is 0 Å². The van der Waals surface area contributed by atoms with Gasteiger partial charge in [0.2, 0.25) is 0 Å². The lowest BCUT2D eigenvalue weighted by atomic mass is 10.2. The summed E-state index contributed by atoms with van der Waals surface area (Å²) >= 11 is 5.62. The van der Waals surface area contributed by atoms with E-state index in [0.717, 1.165) is 0 Å². The monoisotopic (exact) mass is 211 g/mol. The average Bonchev–Trinajstić information content (AvgIpc) is 2.15. The molecule has 1 aromatic rings. The number of rotatable bonds is 3. The molecule has 0 heterocycles. The molecule has 14 heavy (non-hydrogen) atoms. The third kappa shape index (κ3) is 3.37. The van der Waals surface area contributed by atoms with Gasteiger partial charge in [0, 0.05) is 17.1 Å². The Morgan fingerprint density at radius 1 is 1.50 bits per heavy atom. The molecule has 3 heteroatoms. The number of hydrogen-bond donors (Lipinski definition) is 1. The highest BCUT2D eigenvalue weighted by Gasteiger charge is 2.01. The van der Waals surface area contributed by atoms with Crippen LogP contribution in [-0.2, 0) is 6.54 Å². The highest BCUT2D eigenvalue weighted by molar-refractivity contribution is 6.30. The van der Waals surface area contributed by atoms with Crippen molar-refractivity contribution < 1.29 is 4.39 Å². The lowest BCUT2D eigenvalue weighted by molar-refractivity contribution is 0.597. The van der Waals surface area contributed by atoms with E-state index in [1.54, 1.807) is 19.1 Å². The Bertz CT molecular complexity index is 365. The van der Waals surface area contributed by atoms with Crippen molar-refractivity contribution in [2.24, 2.45) is 0 Å². The second-order valence-corrected chi connectivity index (χ2v) is 3.20. The van der Waals surface area contributed by atoms with Crippen molar-refractivity contribution in [3.05, 3.63) is 34.6 Å². The molecule has 0 radical (unpaired) electrons. The van der Waals surface area contributed by atoms with Gasteiger partial charge in [-0.1, -0.05) is 23.6 Å². The number of hydrogen-bond acceptors (Lipinski definition) is 1. The summed E-state index contributed by atoms with van der Waals surface area (Å²) in [4.78, 5) is 0. The predicted octanol–water partition coefficient (Wildman–Crippen LogP) is 2.59. The van der Waals surface area contributed by atoms with Crippen molar-refractivity contribution in [2.45, 2.75) is 13.5 Å². The lowest BCUT2D eigenvalue weighted by Crippen LogP contribution is -2.14. The van der Waals surface area contributed by atoms with Gasteiger partial charge >= 0.3 is 0 Å². The van der Waals surface area contributed by atoms with E-state index in [0.29, 0.717) is 23.7 Å². The Labute approximate surface area is 88.3 Å². The average molecular weight is 212 g/mol. The van der Waals surface area contributed by atoms with Crippen LogP contribution in [0.15, 0.2) is 18.2 Å². The molecule has 0 fully saturated rings. The molecule has 1 nitrogen and oxygen atoms in total. The molecule has 0 aliphatic carbocycles. The Balaban J connectivity index is 2.53. The van der Waals surface area contributed by atoms with Crippen molar-refractivity contribution in [1.82, 2.24) is 5.32 Å². The second kappa shape index (κ2) is 5.64. The molecule has 0 atom stereocenters. The largest absolute Gasteiger partial charge is 0.302 e. The van der Waals surface area contributed by atoms with E-state index in [2.05, 4.69) is 17.2 Å². The standard InChI is InChI=1S/C11H11ClFN/c1-2-3-6-14-8-9-4-5-10(12)7-11(9)13/h4-5,7,14H,6,8H2,1H3. The van der Waals surface area contributed by atoms with E-state index in [4.69, 9.17) is 11.6 Å². The van der Waals surface area contributed by atoms with Crippen molar-refractivity contribution in [2.75, 3.05) is 6.54 Å². The van der Waals surface area contributed by atoms with E-state index in [1.165, 1.54) is 6.07 Å². The molecule has 0 unspecified atom stereocenters. The van der Waals surface area contributed by atoms with Gasteiger partial charge in [-0.15, -0.1) is 5.92 Å². The Hall–Kier alpha value is -1.04. The van der Waals surface area contributed by atoms with Gasteiger partial charge in [0.05, 0.1) is 6.54 Å². The van der Waals surface area contributed by atoms with Gasteiger partial charge in [-0.2, -0.15) is 0 Å². The maximum Gasteiger partial charge on any atom is 0.129 e. The van der Waals surface area contributed by atoms with Gasteiger partial charge in [0.1, 0.15) is 5.82 Å². The first-order chi connectivity index (χ1) is 6.74. The molecule has 0 aliphatic rings. The highest BCUT2D eigenvalue weighted by atomic mass is 35.5. The summed E-state index contributed by atoms with van der Waals surface area (Å²) < 4.78 is 13.2. The van der Waals surface area contributed by atoms with Gasteiger partial charge in [0.25, 0.3) is 0 Å². The maximum absolute atomic E-state index is 13.2. The first kappa shape index (κ1) is 11.0. The summed E-state index contributed by atoms with van der Waals surface area (Å²) in [5, 5.41) is 3.42. The molecule has 1 aromatic carbocycles. The molecule has 0 saturated heterocycles. The van der Waals surface area contributed by atoms with Crippen LogP contribution < -0.4 is 5.32 Å². The Kier molecular flexibility index (Phi) is 4.45. The van der Waals surface area contributed by atoms with Crippen LogP contribution >= 0.6 is 11.6 Å². The molecule has 0 spiro atoms. The van der Waals surface area contributed by atoms with Gasteiger partial charge < -0.3 is 5.32 Å². The van der Waals surface area contributed by atoms with Crippen molar-refractivity contribution >= 4 is 11.6 Å². The SMILES string of the molecule is CC#CCNCc1ccc(Cl)cc1F. The van der Waals surface area contributed by atoms with Crippen LogP contribution in [0.1, 0.15) is 12.5 Å². The lowest BCUT2D eigenvalue weighted by Gasteiger charge is -2.03. The zero-order valence-corrected chi connectivity index (χ0v) is 8.66. The fourth-order valence-corrected chi connectivity index (χ4v) is 1.17. The molecule has 1 N–H and O–H groups in total. The number of nitrogens with one attached hydrogen (secondary N) is 1. The van der Waals surface area contributed by atoms with E-state index >= 15 is 0 Å². The minimum Gasteiger partial charge on any atom is -0.302 e. The summed E-state index contributed by atoms with van der Waals surface area (Å²) in [6.45, 7) is 2.81. The van der Waals surface area contributed by atoms with E-state index in [9.17, 15) is 4.39 Å². The molecule has 0 aromatic heterocycles. The van der Waals surface area contributed by atoms with Gasteiger partial charge in [-0.05, 0) is 19.1 Å². The molecule has 0 amide bonds. The normalized spacial score (nSPS) is 9.36. The van der Waals surface area contributed by atoms with Crippen LogP contribution in [0.5, 0.6) is 0 Å². The first-order valence-corrected chi connectivity index (χ1v) is 4.66. The second-order valence-electron chi connectivity index (χ2n) is 2.77. The molecular formula is C11H11ClFN. The Morgan fingerprint density at radius 3 is 2.93 bits per heavy atom. The molecular weight excluding hydrogens is 201 g/mol. The minimum atomic E-state index is -0.283. The fourth-order valence-electron chi connectivity index (χ4n) is 1.01. The third-order valence-electron chi connectivity index (χ3n) is 1.72. The first-order valence-electron chi connectivity index (χ1n) is 4.28. The van der Waals surface area contributed by atoms with Crippen LogP contribution in [-0.4, -0.2) is 6.54 Å². The minimum absolute atomic E-state index is 0.283. The van der Waals surface area contributed by atoms with Crippen LogP contribution in [0.3, 0.4) is 0 Å². The molecule has 0 saturated carbocycles. The summed E-state index contributed by atoms with van der Waals surface area (Å²) in [6.07, 6.45) is 0. The summed E-state index contributed by atoms with van der Waals surface area (Å²) in [5.41, 5.74) is 0.604. The van der Waals surface area contributed by atoms with Gasteiger partial charge in [-0.3, -0.25) is 0 Å². The van der Waals surface area contributed by atoms with Crippen LogP contribution in [0.2, 0.25) is 5.02 Å². The fraction of sp³-hybridized carbons (Fsp3) is 0.273. The smallest absolute Gasteiger partial charge is 0.129 e. The third-order valence-corrected chi connectivity index (χ3v) is 1.96. The molecule has 0 aliphatic heterocycles. The van der Waals surface area contributed by atoms with Crippen LogP contribution in [0.4, 0.5) is 4.39 Å². The van der Waals surface area contributed by atoms with Crippen molar-refractivity contribution in [1.29, 1.82) is 0 Å². The quantitative estimate of drug-likeness (QED) is 0.599. The number of halogens is 2. The van der Waals surface area contributed by atoms with E-state index in [-0.39, 0.29) is 5.82 Å². The number of benzene rings is 1. The van der Waals surface area contributed by atoms with Crippen LogP contribution in [0.25, 0.3) is 0 Å². The molecule has 74 valence electrons. The van der Waals surface area contributed by atoms with Crippen molar-refractivity contribution in [3.8, 4) is 11.8 Å². The Morgan fingerprint density at radius 2 is 2.29 bits per heavy atom. The summed E-state index contributed by atoms with van der Waals surface area (Å²) in [5.74, 6) is 5.31. The summed E-state index contributed by atoms with van der Waals surface area (Å²) in [6, 6.07) is 4.65. The van der Waals surface area contributed by atoms with Crippen molar-refractivity contribution in [3.63, 3.8) is 0 Å². The van der Waals surface area contributed by atoms with Gasteiger partial charge in [-0.25, -0.2) is 4.39 Å². The highest BCUT2D eigenvalue weighted by Crippen LogP contribution is 2.14. The molecule has 1 rings (SSSR count). The maximum atomic E-state index is 13.2. The zero-order valence-electron chi connectivity index (χ0n) is 7.90. The molecule has 0 bridgehead atoms. The zero-order chi connectivity index (χ0) is 10.4. The topological polar surface area (TPSA) is 12.0 Å². The van der Waals surface area contributed by atoms with Crippen LogP contribution in [0, 0.1) is 17.7 Å². The summed E-state index contributed by atoms with van der Waals surface area (Å²) in [7, 11) is 0. The van der Waals surface area contributed by atoms with E-state index < -0.39 is 0 Å². The predicted molar refractivity (Wildman–Crippen MR) is 56.6 cm³/mol. The van der Waals surface area contributed by atoms with Gasteiger partial charge in [0.15, 0.2) is 0 Å².